The van der Waals surface area contributed by atoms with Gasteiger partial charge in [0.1, 0.15) is 0 Å². The Labute approximate surface area is 200 Å². The van der Waals surface area contributed by atoms with Crippen molar-refractivity contribution in [2.75, 3.05) is 31.2 Å². The zero-order valence-corrected chi connectivity index (χ0v) is 20.7. The van der Waals surface area contributed by atoms with Crippen molar-refractivity contribution in [3.05, 3.63) is 29.8 Å². The van der Waals surface area contributed by atoms with E-state index in [1.807, 2.05) is 19.1 Å². The van der Waals surface area contributed by atoms with E-state index in [0.717, 1.165) is 47.3 Å². The predicted molar refractivity (Wildman–Crippen MR) is 131 cm³/mol. The fraction of sp³-hybridized carbons (Fsp3) is 0.640. The topological polar surface area (TPSA) is 72.3 Å². The molecule has 2 bridgehead atoms. The van der Waals surface area contributed by atoms with Gasteiger partial charge in [0.25, 0.3) is 0 Å². The van der Waals surface area contributed by atoms with Crippen LogP contribution in [0.5, 0.6) is 0 Å². The number of ether oxygens (including phenoxy) is 1. The number of fused-ring (bicyclic) bond motifs is 2. The number of carbonyl (C=O) groups is 1. The van der Waals surface area contributed by atoms with E-state index in [0.29, 0.717) is 19.1 Å². The maximum atomic E-state index is 13.1. The van der Waals surface area contributed by atoms with Crippen LogP contribution >= 0.6 is 11.8 Å². The third kappa shape index (κ3) is 4.64. The number of rotatable bonds is 7. The van der Waals surface area contributed by atoms with Gasteiger partial charge in [0.05, 0.1) is 24.2 Å². The van der Waals surface area contributed by atoms with Crippen molar-refractivity contribution in [2.45, 2.75) is 62.9 Å². The van der Waals surface area contributed by atoms with Crippen molar-refractivity contribution < 1.29 is 9.53 Å². The summed E-state index contributed by atoms with van der Waals surface area (Å²) in [6.07, 6.45) is 5.36. The van der Waals surface area contributed by atoms with E-state index in [9.17, 15) is 4.79 Å². The Hall–Kier alpha value is -2.06. The van der Waals surface area contributed by atoms with Crippen molar-refractivity contribution in [3.8, 4) is 5.69 Å². The van der Waals surface area contributed by atoms with Crippen LogP contribution < -0.4 is 10.2 Å². The summed E-state index contributed by atoms with van der Waals surface area (Å²) < 4.78 is 7.64. The zero-order chi connectivity index (χ0) is 22.9. The lowest BCUT2D eigenvalue weighted by molar-refractivity contribution is -0.121. The number of carbonyl (C=O) groups excluding carboxylic acids is 1. The van der Waals surface area contributed by atoms with E-state index >= 15 is 0 Å². The van der Waals surface area contributed by atoms with Gasteiger partial charge in [0.15, 0.2) is 5.16 Å². The maximum Gasteiger partial charge on any atom is 0.233 e. The molecule has 3 fully saturated rings. The number of benzene rings is 1. The summed E-state index contributed by atoms with van der Waals surface area (Å²) >= 11 is 1.49. The van der Waals surface area contributed by atoms with Gasteiger partial charge in [-0.05, 0) is 69.4 Å². The van der Waals surface area contributed by atoms with Gasteiger partial charge in [-0.25, -0.2) is 0 Å². The van der Waals surface area contributed by atoms with Gasteiger partial charge in [-0.2, -0.15) is 0 Å². The number of nitrogens with zero attached hydrogens (tertiary/aromatic N) is 4. The molecule has 33 heavy (non-hydrogen) atoms. The molecule has 1 amide bonds. The lowest BCUT2D eigenvalue weighted by Gasteiger charge is -2.29. The van der Waals surface area contributed by atoms with E-state index < -0.39 is 0 Å². The van der Waals surface area contributed by atoms with E-state index in [-0.39, 0.29) is 17.2 Å². The quantitative estimate of drug-likeness (QED) is 0.622. The monoisotopic (exact) mass is 469 g/mol. The number of hydrogen-bond donors (Lipinski definition) is 1. The highest BCUT2D eigenvalue weighted by molar-refractivity contribution is 8.00. The lowest BCUT2D eigenvalue weighted by Crippen LogP contribution is -2.43. The van der Waals surface area contributed by atoms with Crippen LogP contribution in [0, 0.1) is 24.7 Å². The fourth-order valence-corrected chi connectivity index (χ4v) is 6.76. The molecular formula is C25H35N5O2S. The molecule has 7 nitrogen and oxygen atoms in total. The number of aromatic nitrogens is 3. The number of aryl methyl sites for hydroxylation is 1. The van der Waals surface area contributed by atoms with Crippen LogP contribution in [-0.2, 0) is 9.53 Å². The summed E-state index contributed by atoms with van der Waals surface area (Å²) in [5.41, 5.74) is 2.20. The predicted octanol–water partition coefficient (Wildman–Crippen LogP) is 3.83. The highest BCUT2D eigenvalue weighted by atomic mass is 32.2. The largest absolute Gasteiger partial charge is 0.378 e. The molecule has 1 saturated heterocycles. The summed E-state index contributed by atoms with van der Waals surface area (Å²) in [6.45, 7) is 9.19. The Morgan fingerprint density at radius 1 is 1.15 bits per heavy atom. The van der Waals surface area contributed by atoms with Gasteiger partial charge in [-0.15, -0.1) is 10.2 Å². The van der Waals surface area contributed by atoms with Gasteiger partial charge < -0.3 is 15.0 Å². The molecule has 1 aromatic carbocycles. The number of morpholine rings is 1. The Morgan fingerprint density at radius 2 is 1.94 bits per heavy atom. The Bertz CT molecular complexity index is 989. The summed E-state index contributed by atoms with van der Waals surface area (Å²) in [4.78, 5) is 15.3. The van der Waals surface area contributed by atoms with Crippen LogP contribution in [0.4, 0.5) is 5.95 Å². The molecule has 0 spiro atoms. The number of nitrogens with one attached hydrogen (secondary N) is 1. The van der Waals surface area contributed by atoms with Gasteiger partial charge in [-0.1, -0.05) is 36.4 Å². The summed E-state index contributed by atoms with van der Waals surface area (Å²) in [7, 11) is 0. The molecule has 2 aromatic rings. The van der Waals surface area contributed by atoms with E-state index in [1.165, 1.54) is 37.4 Å². The van der Waals surface area contributed by atoms with Gasteiger partial charge in [0.2, 0.25) is 11.9 Å². The molecule has 1 N–H and O–H groups in total. The van der Waals surface area contributed by atoms with Gasteiger partial charge in [-0.3, -0.25) is 9.36 Å². The first kappa shape index (κ1) is 22.7. The first-order chi connectivity index (χ1) is 16.0. The Morgan fingerprint density at radius 3 is 2.64 bits per heavy atom. The molecule has 5 unspecified atom stereocenters. The van der Waals surface area contributed by atoms with Gasteiger partial charge in [0, 0.05) is 19.1 Å². The van der Waals surface area contributed by atoms with Crippen LogP contribution in [0.3, 0.4) is 0 Å². The molecule has 1 aliphatic heterocycles. The standard InChI is InChI=1S/C25H35N5O2S/c1-16-6-4-5-7-22(16)30-24(29-10-12-32-13-11-29)27-28-25(30)33-18(3)23(31)26-17(2)21-15-19-8-9-20(21)14-19/h4-7,17-21H,8-15H2,1-3H3,(H,26,31). The number of amides is 1. The highest BCUT2D eigenvalue weighted by Crippen LogP contribution is 2.49. The van der Waals surface area contributed by atoms with Crippen molar-refractivity contribution >= 4 is 23.6 Å². The van der Waals surface area contributed by atoms with Crippen molar-refractivity contribution in [1.29, 1.82) is 0 Å². The third-order valence-electron chi connectivity index (χ3n) is 7.72. The average Bonchev–Trinajstić information content (AvgIpc) is 3.56. The van der Waals surface area contributed by atoms with Crippen molar-refractivity contribution in [2.24, 2.45) is 17.8 Å². The molecule has 178 valence electrons. The minimum absolute atomic E-state index is 0.0857. The highest BCUT2D eigenvalue weighted by Gasteiger charge is 2.42. The number of para-hydroxylation sites is 1. The first-order valence-electron chi connectivity index (χ1n) is 12.3. The van der Waals surface area contributed by atoms with E-state index in [1.54, 1.807) is 0 Å². The van der Waals surface area contributed by atoms with Gasteiger partial charge >= 0.3 is 0 Å². The molecule has 2 heterocycles. The van der Waals surface area contributed by atoms with Crippen LogP contribution in [-0.4, -0.2) is 58.3 Å². The molecule has 5 rings (SSSR count). The molecule has 0 radical (unpaired) electrons. The zero-order valence-electron chi connectivity index (χ0n) is 19.9. The Balaban J connectivity index is 1.33. The molecular weight excluding hydrogens is 434 g/mol. The van der Waals surface area contributed by atoms with E-state index in [2.05, 4.69) is 51.0 Å². The molecule has 8 heteroatoms. The summed E-state index contributed by atoms with van der Waals surface area (Å²) in [6, 6.07) is 8.49. The number of anilines is 1. The first-order valence-corrected chi connectivity index (χ1v) is 13.2. The summed E-state index contributed by atoms with van der Waals surface area (Å²) in [5, 5.41) is 12.9. The second-order valence-electron chi connectivity index (χ2n) is 9.90. The molecule has 3 aliphatic rings. The molecule has 1 aromatic heterocycles. The smallest absolute Gasteiger partial charge is 0.233 e. The summed E-state index contributed by atoms with van der Waals surface area (Å²) in [5.74, 6) is 3.22. The second-order valence-corrected chi connectivity index (χ2v) is 11.2. The van der Waals surface area contributed by atoms with Crippen LogP contribution in [0.1, 0.15) is 45.1 Å². The molecule has 5 atom stereocenters. The third-order valence-corrected chi connectivity index (χ3v) is 8.77. The minimum Gasteiger partial charge on any atom is -0.378 e. The number of hydrogen-bond acceptors (Lipinski definition) is 6. The fourth-order valence-electron chi connectivity index (χ4n) is 5.90. The minimum atomic E-state index is -0.254. The van der Waals surface area contributed by atoms with E-state index in [4.69, 9.17) is 4.74 Å². The Kier molecular flexibility index (Phi) is 6.65. The average molecular weight is 470 g/mol. The maximum absolute atomic E-state index is 13.1. The number of thioether (sulfide) groups is 1. The van der Waals surface area contributed by atoms with Crippen LogP contribution in [0.25, 0.3) is 5.69 Å². The molecule has 2 saturated carbocycles. The van der Waals surface area contributed by atoms with Crippen molar-refractivity contribution in [3.63, 3.8) is 0 Å². The lowest BCUT2D eigenvalue weighted by atomic mass is 9.84. The SMILES string of the molecule is Cc1ccccc1-n1c(SC(C)C(=O)NC(C)C2CC3CCC2C3)nnc1N1CCOCC1. The van der Waals surface area contributed by atoms with Crippen LogP contribution in [0.15, 0.2) is 29.4 Å². The molecule has 2 aliphatic carbocycles. The normalized spacial score (nSPS) is 26.4. The van der Waals surface area contributed by atoms with Crippen molar-refractivity contribution in [1.82, 2.24) is 20.1 Å². The second kappa shape index (κ2) is 9.66. The van der Waals surface area contributed by atoms with Crippen LogP contribution in [0.2, 0.25) is 0 Å².